The van der Waals surface area contributed by atoms with Crippen LogP contribution in [0.4, 0.5) is 5.69 Å². The summed E-state index contributed by atoms with van der Waals surface area (Å²) in [6.45, 7) is 4.74. The van der Waals surface area contributed by atoms with E-state index in [2.05, 4.69) is 4.72 Å². The highest BCUT2D eigenvalue weighted by molar-refractivity contribution is 7.92. The van der Waals surface area contributed by atoms with Crippen molar-refractivity contribution in [1.82, 2.24) is 9.80 Å². The first-order chi connectivity index (χ1) is 12.5. The average Bonchev–Trinajstić information content (AvgIpc) is 2.56. The van der Waals surface area contributed by atoms with E-state index in [4.69, 9.17) is 4.74 Å². The van der Waals surface area contributed by atoms with Gasteiger partial charge in [-0.3, -0.25) is 9.52 Å². The highest BCUT2D eigenvalue weighted by Crippen LogP contribution is 2.30. The molecule has 1 aliphatic heterocycles. The Morgan fingerprint density at radius 2 is 2.07 bits per heavy atom. The van der Waals surface area contributed by atoms with Gasteiger partial charge in [-0.1, -0.05) is 6.92 Å². The summed E-state index contributed by atoms with van der Waals surface area (Å²) in [6.07, 6.45) is 0.894. The third-order valence-corrected chi connectivity index (χ3v) is 5.12. The molecule has 0 spiro atoms. The van der Waals surface area contributed by atoms with Crippen molar-refractivity contribution in [3.63, 3.8) is 0 Å². The fourth-order valence-corrected chi connectivity index (χ4v) is 3.63. The molecule has 2 N–H and O–H groups in total. The number of aliphatic hydroxyl groups excluding tert-OH is 1. The van der Waals surface area contributed by atoms with Gasteiger partial charge in [-0.2, -0.15) is 0 Å². The van der Waals surface area contributed by atoms with E-state index in [1.807, 2.05) is 25.9 Å². The minimum Gasteiger partial charge on any atom is -0.488 e. The molecule has 9 heteroatoms. The van der Waals surface area contributed by atoms with Gasteiger partial charge in [-0.15, -0.1) is 0 Å². The Kier molecular flexibility index (Phi) is 6.72. The summed E-state index contributed by atoms with van der Waals surface area (Å²) >= 11 is 0. The van der Waals surface area contributed by atoms with Gasteiger partial charge in [0.25, 0.3) is 5.91 Å². The highest BCUT2D eigenvalue weighted by atomic mass is 32.2. The van der Waals surface area contributed by atoms with E-state index in [9.17, 15) is 18.3 Å². The minimum atomic E-state index is -3.47. The van der Waals surface area contributed by atoms with Gasteiger partial charge in [-0.05, 0) is 39.2 Å². The number of hydrogen-bond acceptors (Lipinski definition) is 6. The van der Waals surface area contributed by atoms with Crippen molar-refractivity contribution >= 4 is 21.6 Å². The van der Waals surface area contributed by atoms with Gasteiger partial charge in [0.1, 0.15) is 11.9 Å². The molecule has 0 radical (unpaired) electrons. The molecular formula is C18H29N3O5S. The molecule has 27 heavy (non-hydrogen) atoms. The zero-order valence-corrected chi connectivity index (χ0v) is 17.3. The molecule has 152 valence electrons. The lowest BCUT2D eigenvalue weighted by Crippen LogP contribution is -2.49. The molecule has 1 aromatic carbocycles. The van der Waals surface area contributed by atoms with Crippen LogP contribution in [0.1, 0.15) is 24.2 Å². The van der Waals surface area contributed by atoms with Crippen LogP contribution in [-0.2, 0) is 10.0 Å². The number of benzene rings is 1. The van der Waals surface area contributed by atoms with Gasteiger partial charge >= 0.3 is 0 Å². The van der Waals surface area contributed by atoms with Crippen LogP contribution in [-0.4, -0.2) is 81.4 Å². The van der Waals surface area contributed by atoms with Crippen LogP contribution in [0.3, 0.4) is 0 Å². The predicted octanol–water partition coefficient (Wildman–Crippen LogP) is 0.840. The minimum absolute atomic E-state index is 0.0484. The third-order valence-electron chi connectivity index (χ3n) is 4.51. The van der Waals surface area contributed by atoms with Crippen molar-refractivity contribution in [3.8, 4) is 5.75 Å². The van der Waals surface area contributed by atoms with Crippen molar-refractivity contribution in [3.05, 3.63) is 23.8 Å². The molecule has 0 fully saturated rings. The molecule has 1 amide bonds. The smallest absolute Gasteiger partial charge is 0.258 e. The Balaban J connectivity index is 2.51. The summed E-state index contributed by atoms with van der Waals surface area (Å²) < 4.78 is 31.6. The van der Waals surface area contributed by atoms with Crippen molar-refractivity contribution < 1.29 is 23.1 Å². The number of carbonyl (C=O) groups excluding carboxylic acids is 1. The van der Waals surface area contributed by atoms with Crippen molar-refractivity contribution in [2.24, 2.45) is 5.92 Å². The zero-order chi connectivity index (χ0) is 20.4. The topological polar surface area (TPSA) is 99.2 Å². The molecule has 8 nitrogen and oxygen atoms in total. The van der Waals surface area contributed by atoms with Crippen molar-refractivity contribution in [2.75, 3.05) is 44.8 Å². The second-order valence-corrected chi connectivity index (χ2v) is 9.22. The standard InChI is InChI=1S/C18H29N3O5S/c1-12-9-21(13(2)11-22)18(23)15-8-14(19-27(5,24)25)6-7-16(15)26-17(12)10-20(3)4/h6-8,12-13,17,19,22H,9-11H2,1-5H3/t12-,13-,17+/m1/s1. The molecule has 0 bridgehead atoms. The Bertz CT molecular complexity index is 781. The van der Waals surface area contributed by atoms with Crippen molar-refractivity contribution in [2.45, 2.75) is 26.0 Å². The number of amides is 1. The lowest BCUT2D eigenvalue weighted by Gasteiger charge is -2.37. The van der Waals surface area contributed by atoms with E-state index in [0.29, 0.717) is 24.5 Å². The number of nitrogens with one attached hydrogen (secondary N) is 1. The lowest BCUT2D eigenvalue weighted by molar-refractivity contribution is 0.0363. The van der Waals surface area contributed by atoms with Crippen LogP contribution in [0.15, 0.2) is 18.2 Å². The van der Waals surface area contributed by atoms with Crippen LogP contribution < -0.4 is 9.46 Å². The summed E-state index contributed by atoms with van der Waals surface area (Å²) in [6, 6.07) is 4.31. The first kappa shape index (κ1) is 21.5. The fourth-order valence-electron chi connectivity index (χ4n) is 3.08. The molecule has 0 aliphatic carbocycles. The molecule has 0 saturated carbocycles. The lowest BCUT2D eigenvalue weighted by atomic mass is 9.99. The molecule has 1 aromatic rings. The molecule has 0 unspecified atom stereocenters. The number of aliphatic hydroxyl groups is 1. The van der Waals surface area contributed by atoms with Gasteiger partial charge in [0.2, 0.25) is 10.0 Å². The van der Waals surface area contributed by atoms with Gasteiger partial charge in [0, 0.05) is 24.7 Å². The van der Waals surface area contributed by atoms with E-state index in [0.717, 1.165) is 6.26 Å². The SMILES string of the molecule is C[C@@H]1CN([C@H](C)CO)C(=O)c2cc(NS(C)(=O)=O)ccc2O[C@H]1CN(C)C. The Morgan fingerprint density at radius 1 is 1.41 bits per heavy atom. The third kappa shape index (κ3) is 5.57. The van der Waals surface area contributed by atoms with Gasteiger partial charge in [-0.25, -0.2) is 8.42 Å². The number of carbonyl (C=O) groups is 1. The van der Waals surface area contributed by atoms with E-state index in [1.165, 1.54) is 6.07 Å². The summed E-state index contributed by atoms with van der Waals surface area (Å²) in [5.74, 6) is 0.166. The van der Waals surface area contributed by atoms with E-state index < -0.39 is 10.0 Å². The van der Waals surface area contributed by atoms with Crippen LogP contribution in [0.5, 0.6) is 5.75 Å². The van der Waals surface area contributed by atoms with Gasteiger partial charge < -0.3 is 19.6 Å². The maximum absolute atomic E-state index is 13.1. The zero-order valence-electron chi connectivity index (χ0n) is 16.5. The van der Waals surface area contributed by atoms with E-state index in [-0.39, 0.29) is 36.1 Å². The molecular weight excluding hydrogens is 370 g/mol. The molecule has 2 rings (SSSR count). The molecule has 1 aliphatic rings. The van der Waals surface area contributed by atoms with Crippen LogP contribution in [0, 0.1) is 5.92 Å². The first-order valence-corrected chi connectivity index (χ1v) is 10.8. The number of ether oxygens (including phenoxy) is 1. The first-order valence-electron chi connectivity index (χ1n) is 8.87. The number of rotatable bonds is 6. The van der Waals surface area contributed by atoms with Crippen molar-refractivity contribution in [1.29, 1.82) is 0 Å². The summed E-state index contributed by atoms with van der Waals surface area (Å²) in [5.41, 5.74) is 0.571. The summed E-state index contributed by atoms with van der Waals surface area (Å²) in [5, 5.41) is 9.59. The highest BCUT2D eigenvalue weighted by Gasteiger charge is 2.33. The predicted molar refractivity (Wildman–Crippen MR) is 105 cm³/mol. The molecule has 0 saturated heterocycles. The maximum Gasteiger partial charge on any atom is 0.258 e. The van der Waals surface area contributed by atoms with Crippen LogP contribution >= 0.6 is 0 Å². The summed E-state index contributed by atoms with van der Waals surface area (Å²) in [7, 11) is 0.435. The molecule has 1 heterocycles. The second kappa shape index (κ2) is 8.45. The summed E-state index contributed by atoms with van der Waals surface area (Å²) in [4.78, 5) is 16.8. The maximum atomic E-state index is 13.1. The number of sulfonamides is 1. The normalized spacial score (nSPS) is 21.9. The Morgan fingerprint density at radius 3 is 2.63 bits per heavy atom. The number of fused-ring (bicyclic) bond motifs is 1. The fraction of sp³-hybridized carbons (Fsp3) is 0.611. The number of nitrogens with zero attached hydrogens (tertiary/aromatic N) is 2. The Hall–Kier alpha value is -1.84. The average molecular weight is 400 g/mol. The number of anilines is 1. The molecule has 0 aromatic heterocycles. The largest absolute Gasteiger partial charge is 0.488 e. The van der Waals surface area contributed by atoms with Crippen LogP contribution in [0.2, 0.25) is 0 Å². The second-order valence-electron chi connectivity index (χ2n) is 7.47. The van der Waals surface area contributed by atoms with Crippen LogP contribution in [0.25, 0.3) is 0 Å². The van der Waals surface area contributed by atoms with E-state index >= 15 is 0 Å². The number of likely N-dealkylation sites (N-methyl/N-ethyl adjacent to an activating group) is 1. The quantitative estimate of drug-likeness (QED) is 0.735. The Labute approximate surface area is 161 Å². The van der Waals surface area contributed by atoms with Gasteiger partial charge in [0.05, 0.1) is 24.5 Å². The van der Waals surface area contributed by atoms with Gasteiger partial charge in [0.15, 0.2) is 0 Å². The monoisotopic (exact) mass is 399 g/mol. The van der Waals surface area contributed by atoms with E-state index in [1.54, 1.807) is 24.0 Å². The number of hydrogen-bond donors (Lipinski definition) is 2. The molecule has 3 atom stereocenters.